The molecule has 0 aliphatic carbocycles. The zero-order chi connectivity index (χ0) is 13.8. The van der Waals surface area contributed by atoms with Gasteiger partial charge in [0.25, 0.3) is 5.91 Å². The number of benzene rings is 2. The van der Waals surface area contributed by atoms with Gasteiger partial charge in [0.1, 0.15) is 0 Å². The minimum Gasteiger partial charge on any atom is -0.397 e. The third-order valence-electron chi connectivity index (χ3n) is 2.81. The number of nitrogen functional groups attached to an aromatic ring is 1. The summed E-state index contributed by atoms with van der Waals surface area (Å²) in [5.41, 5.74) is 8.79. The molecule has 2 aromatic rings. The van der Waals surface area contributed by atoms with E-state index in [1.54, 1.807) is 11.8 Å². The van der Waals surface area contributed by atoms with E-state index >= 15 is 0 Å². The molecule has 4 heteroatoms. The Hall–Kier alpha value is -1.94. The Morgan fingerprint density at radius 3 is 2.42 bits per heavy atom. The monoisotopic (exact) mass is 272 g/mol. The summed E-state index contributed by atoms with van der Waals surface area (Å²) in [5.74, 6) is -0.150. The van der Waals surface area contributed by atoms with Gasteiger partial charge in [-0.3, -0.25) is 4.79 Å². The van der Waals surface area contributed by atoms with Crippen LogP contribution in [0.15, 0.2) is 47.4 Å². The van der Waals surface area contributed by atoms with Gasteiger partial charge in [0.15, 0.2) is 0 Å². The lowest BCUT2D eigenvalue weighted by molar-refractivity contribution is 0.102. The van der Waals surface area contributed by atoms with Crippen LogP contribution in [-0.2, 0) is 0 Å². The number of amides is 1. The lowest BCUT2D eigenvalue weighted by atomic mass is 10.1. The third-order valence-corrected chi connectivity index (χ3v) is 3.55. The molecule has 2 aromatic carbocycles. The van der Waals surface area contributed by atoms with Gasteiger partial charge in [0.05, 0.1) is 11.4 Å². The van der Waals surface area contributed by atoms with Gasteiger partial charge in [-0.05, 0) is 55.1 Å². The Kier molecular flexibility index (Phi) is 4.12. The average Bonchev–Trinajstić information content (AvgIpc) is 2.42. The first-order chi connectivity index (χ1) is 9.10. The summed E-state index contributed by atoms with van der Waals surface area (Å²) >= 11 is 1.65. The Labute approximate surface area is 117 Å². The van der Waals surface area contributed by atoms with E-state index in [0.717, 1.165) is 10.5 Å². The minimum absolute atomic E-state index is 0.150. The largest absolute Gasteiger partial charge is 0.397 e. The number of carbonyl (C=O) groups is 1. The van der Waals surface area contributed by atoms with E-state index in [4.69, 9.17) is 5.73 Å². The van der Waals surface area contributed by atoms with Gasteiger partial charge in [-0.2, -0.15) is 0 Å². The highest BCUT2D eigenvalue weighted by molar-refractivity contribution is 7.98. The van der Waals surface area contributed by atoms with Crippen molar-refractivity contribution >= 4 is 29.0 Å². The molecule has 0 aliphatic heterocycles. The van der Waals surface area contributed by atoms with Gasteiger partial charge in [0, 0.05) is 10.5 Å². The molecule has 0 radical (unpaired) electrons. The fraction of sp³-hybridized carbons (Fsp3) is 0.133. The van der Waals surface area contributed by atoms with Crippen molar-refractivity contribution < 1.29 is 4.79 Å². The van der Waals surface area contributed by atoms with E-state index in [1.807, 2.05) is 55.6 Å². The van der Waals surface area contributed by atoms with Crippen LogP contribution in [0, 0.1) is 6.92 Å². The Bertz CT molecular complexity index is 594. The summed E-state index contributed by atoms with van der Waals surface area (Å²) in [4.78, 5) is 13.2. The first-order valence-electron chi connectivity index (χ1n) is 5.91. The molecule has 3 nitrogen and oxygen atoms in total. The van der Waals surface area contributed by atoms with Gasteiger partial charge in [-0.25, -0.2) is 0 Å². The summed E-state index contributed by atoms with van der Waals surface area (Å²) < 4.78 is 0. The summed E-state index contributed by atoms with van der Waals surface area (Å²) in [6.07, 6.45) is 2.00. The van der Waals surface area contributed by atoms with Gasteiger partial charge < -0.3 is 11.1 Å². The van der Waals surface area contributed by atoms with Crippen molar-refractivity contribution in [2.45, 2.75) is 11.8 Å². The molecule has 0 aliphatic rings. The van der Waals surface area contributed by atoms with E-state index in [-0.39, 0.29) is 5.91 Å². The molecular weight excluding hydrogens is 256 g/mol. The lowest BCUT2D eigenvalue weighted by Gasteiger charge is -2.09. The van der Waals surface area contributed by atoms with Gasteiger partial charge in [-0.1, -0.05) is 6.07 Å². The molecule has 0 atom stereocenters. The molecule has 0 unspecified atom stereocenters. The molecule has 0 spiro atoms. The summed E-state index contributed by atoms with van der Waals surface area (Å²) in [5, 5.41) is 2.82. The van der Waals surface area contributed by atoms with Crippen molar-refractivity contribution in [3.63, 3.8) is 0 Å². The van der Waals surface area contributed by atoms with Crippen molar-refractivity contribution in [3.8, 4) is 0 Å². The van der Waals surface area contributed by atoms with Crippen LogP contribution in [0.4, 0.5) is 11.4 Å². The second kappa shape index (κ2) is 5.80. The fourth-order valence-electron chi connectivity index (χ4n) is 1.73. The first kappa shape index (κ1) is 13.5. The number of anilines is 2. The van der Waals surface area contributed by atoms with Crippen LogP contribution in [0.3, 0.4) is 0 Å². The quantitative estimate of drug-likeness (QED) is 0.663. The Balaban J connectivity index is 2.15. The molecule has 0 saturated heterocycles. The van der Waals surface area contributed by atoms with Crippen molar-refractivity contribution in [1.29, 1.82) is 0 Å². The highest BCUT2D eigenvalue weighted by Gasteiger charge is 2.07. The normalized spacial score (nSPS) is 10.2. The van der Waals surface area contributed by atoms with Gasteiger partial charge in [0.2, 0.25) is 0 Å². The number of carbonyl (C=O) groups excluding carboxylic acids is 1. The van der Waals surface area contributed by atoms with Crippen LogP contribution in [0.5, 0.6) is 0 Å². The Morgan fingerprint density at radius 1 is 1.16 bits per heavy atom. The number of aryl methyl sites for hydroxylation is 1. The van der Waals surface area contributed by atoms with E-state index in [1.165, 1.54) is 0 Å². The van der Waals surface area contributed by atoms with Crippen LogP contribution >= 0.6 is 11.8 Å². The third kappa shape index (κ3) is 3.29. The predicted octanol–water partition coefficient (Wildman–Crippen LogP) is 3.55. The summed E-state index contributed by atoms with van der Waals surface area (Å²) in [6, 6.07) is 13.1. The SMILES string of the molecule is CSc1ccc(C(=O)Nc2ccc(C)cc2N)cc1. The van der Waals surface area contributed by atoms with Crippen LogP contribution in [0.25, 0.3) is 0 Å². The van der Waals surface area contributed by atoms with Crippen LogP contribution in [0.1, 0.15) is 15.9 Å². The standard InChI is InChI=1S/C15H16N2OS/c1-10-3-8-14(13(16)9-10)17-15(18)11-4-6-12(19-2)7-5-11/h3-9H,16H2,1-2H3,(H,17,18). The number of rotatable bonds is 3. The van der Waals surface area contributed by atoms with E-state index in [0.29, 0.717) is 16.9 Å². The molecule has 3 N–H and O–H groups in total. The predicted molar refractivity (Wildman–Crippen MR) is 81.8 cm³/mol. The molecule has 0 fully saturated rings. The molecule has 2 rings (SSSR count). The molecule has 0 heterocycles. The Morgan fingerprint density at radius 2 is 1.84 bits per heavy atom. The molecule has 98 valence electrons. The topological polar surface area (TPSA) is 55.1 Å². The summed E-state index contributed by atoms with van der Waals surface area (Å²) in [6.45, 7) is 1.96. The molecular formula is C15H16N2OS. The maximum atomic E-state index is 12.1. The lowest BCUT2D eigenvalue weighted by Crippen LogP contribution is -2.13. The van der Waals surface area contributed by atoms with Gasteiger partial charge >= 0.3 is 0 Å². The van der Waals surface area contributed by atoms with Crippen molar-refractivity contribution in [1.82, 2.24) is 0 Å². The maximum Gasteiger partial charge on any atom is 0.255 e. The fourth-order valence-corrected chi connectivity index (χ4v) is 2.14. The molecule has 0 bridgehead atoms. The minimum atomic E-state index is -0.150. The number of nitrogens with one attached hydrogen (secondary N) is 1. The number of hydrogen-bond acceptors (Lipinski definition) is 3. The van der Waals surface area contributed by atoms with Crippen molar-refractivity contribution in [3.05, 3.63) is 53.6 Å². The average molecular weight is 272 g/mol. The smallest absolute Gasteiger partial charge is 0.255 e. The van der Waals surface area contributed by atoms with Crippen molar-refractivity contribution in [2.24, 2.45) is 0 Å². The molecule has 0 saturated carbocycles. The number of nitrogens with two attached hydrogens (primary N) is 1. The van der Waals surface area contributed by atoms with Crippen LogP contribution in [-0.4, -0.2) is 12.2 Å². The molecule has 1 amide bonds. The zero-order valence-corrected chi connectivity index (χ0v) is 11.8. The zero-order valence-electron chi connectivity index (χ0n) is 10.9. The van der Waals surface area contributed by atoms with E-state index in [2.05, 4.69) is 5.32 Å². The highest BCUT2D eigenvalue weighted by Crippen LogP contribution is 2.21. The van der Waals surface area contributed by atoms with Crippen molar-refractivity contribution in [2.75, 3.05) is 17.3 Å². The second-order valence-corrected chi connectivity index (χ2v) is 5.15. The highest BCUT2D eigenvalue weighted by atomic mass is 32.2. The molecule has 0 aromatic heterocycles. The van der Waals surface area contributed by atoms with Crippen LogP contribution in [0.2, 0.25) is 0 Å². The van der Waals surface area contributed by atoms with Crippen LogP contribution < -0.4 is 11.1 Å². The van der Waals surface area contributed by atoms with E-state index < -0.39 is 0 Å². The second-order valence-electron chi connectivity index (χ2n) is 4.27. The summed E-state index contributed by atoms with van der Waals surface area (Å²) in [7, 11) is 0. The number of thioether (sulfide) groups is 1. The number of hydrogen-bond donors (Lipinski definition) is 2. The maximum absolute atomic E-state index is 12.1. The van der Waals surface area contributed by atoms with Gasteiger partial charge in [-0.15, -0.1) is 11.8 Å². The van der Waals surface area contributed by atoms with E-state index in [9.17, 15) is 4.79 Å². The first-order valence-corrected chi connectivity index (χ1v) is 7.14. The molecule has 19 heavy (non-hydrogen) atoms.